The van der Waals surface area contributed by atoms with Gasteiger partial charge in [-0.05, 0) is 59.8 Å². The number of benzene rings is 2. The average molecular weight is 396 g/mol. The minimum absolute atomic E-state index is 0.148. The van der Waals surface area contributed by atoms with Gasteiger partial charge in [0, 0.05) is 6.54 Å². The van der Waals surface area contributed by atoms with E-state index in [0.29, 0.717) is 21.3 Å². The highest BCUT2D eigenvalue weighted by Crippen LogP contribution is 2.35. The van der Waals surface area contributed by atoms with E-state index in [4.69, 9.17) is 5.11 Å². The second kappa shape index (κ2) is 8.01. The number of aliphatic imine (C=N–C) groups is 1. The van der Waals surface area contributed by atoms with Crippen molar-refractivity contribution in [3.05, 3.63) is 71.2 Å². The lowest BCUT2D eigenvalue weighted by Gasteiger charge is -2.12. The number of carbonyl (C=O) groups is 2. The van der Waals surface area contributed by atoms with E-state index in [9.17, 15) is 19.8 Å². The minimum Gasteiger partial charge on any atom is -0.504 e. The molecule has 1 saturated heterocycles. The third-order valence-corrected chi connectivity index (χ3v) is 4.84. The summed E-state index contributed by atoms with van der Waals surface area (Å²) in [4.78, 5) is 30.0. The number of hydrogen-bond donors (Lipinski definition) is 3. The maximum absolute atomic E-state index is 12.7. The monoisotopic (exact) mass is 396 g/mol. The largest absolute Gasteiger partial charge is 0.504 e. The summed E-state index contributed by atoms with van der Waals surface area (Å²) in [5, 5.41) is 28.4. The molecular formula is C20H16N2O5S. The molecule has 142 valence electrons. The van der Waals surface area contributed by atoms with Crippen LogP contribution in [-0.4, -0.2) is 43.8 Å². The van der Waals surface area contributed by atoms with Crippen molar-refractivity contribution in [3.8, 4) is 11.5 Å². The average Bonchev–Trinajstić information content (AvgIpc) is 2.94. The summed E-state index contributed by atoms with van der Waals surface area (Å²) in [5.41, 5.74) is 1.21. The predicted molar refractivity (Wildman–Crippen MR) is 108 cm³/mol. The molecule has 1 amide bonds. The van der Waals surface area contributed by atoms with Gasteiger partial charge in [-0.1, -0.05) is 12.1 Å². The van der Waals surface area contributed by atoms with Crippen LogP contribution in [0.15, 0.2) is 65.0 Å². The van der Waals surface area contributed by atoms with Gasteiger partial charge < -0.3 is 15.3 Å². The standard InChI is InChI=1S/C20H16N2O5S/c1-2-9-22-18(25)17(11-12-3-8-15(23)16(24)10-12)28-20(22)21-14-6-4-13(5-7-14)19(26)27/h2-8,10-11,23-24H,1,9H2,(H,26,27)/b17-11-,21-20?. The number of phenols is 2. The molecule has 0 aromatic heterocycles. The molecule has 2 aromatic rings. The van der Waals surface area contributed by atoms with Crippen molar-refractivity contribution in [2.45, 2.75) is 0 Å². The molecule has 3 rings (SSSR count). The Kier molecular flexibility index (Phi) is 5.51. The third kappa shape index (κ3) is 4.07. The van der Waals surface area contributed by atoms with Gasteiger partial charge in [0.2, 0.25) is 0 Å². The molecule has 0 atom stereocenters. The molecule has 28 heavy (non-hydrogen) atoms. The molecule has 0 unspecified atom stereocenters. The van der Waals surface area contributed by atoms with Gasteiger partial charge in [-0.3, -0.25) is 9.69 Å². The van der Waals surface area contributed by atoms with Crippen molar-refractivity contribution in [2.75, 3.05) is 6.54 Å². The number of hydrogen-bond acceptors (Lipinski definition) is 6. The zero-order chi connectivity index (χ0) is 20.3. The van der Waals surface area contributed by atoms with Gasteiger partial charge in [0.1, 0.15) is 0 Å². The summed E-state index contributed by atoms with van der Waals surface area (Å²) >= 11 is 1.16. The molecule has 0 radical (unpaired) electrons. The van der Waals surface area contributed by atoms with Crippen LogP contribution in [0.25, 0.3) is 6.08 Å². The van der Waals surface area contributed by atoms with Crippen LogP contribution in [0, 0.1) is 0 Å². The molecule has 1 fully saturated rings. The van der Waals surface area contributed by atoms with Crippen molar-refractivity contribution >= 4 is 40.6 Å². The summed E-state index contributed by atoms with van der Waals surface area (Å²) in [6.45, 7) is 3.92. The molecule has 0 spiro atoms. The van der Waals surface area contributed by atoms with Crippen LogP contribution in [-0.2, 0) is 4.79 Å². The highest BCUT2D eigenvalue weighted by atomic mass is 32.2. The van der Waals surface area contributed by atoms with E-state index in [0.717, 1.165) is 11.8 Å². The summed E-state index contributed by atoms with van der Waals surface area (Å²) in [7, 11) is 0. The van der Waals surface area contributed by atoms with Crippen LogP contribution in [0.1, 0.15) is 15.9 Å². The number of thioether (sulfide) groups is 1. The Morgan fingerprint density at radius 3 is 2.46 bits per heavy atom. The van der Waals surface area contributed by atoms with E-state index in [2.05, 4.69) is 11.6 Å². The van der Waals surface area contributed by atoms with Gasteiger partial charge in [0.05, 0.1) is 16.2 Å². The molecule has 8 heteroatoms. The highest BCUT2D eigenvalue weighted by Gasteiger charge is 2.32. The van der Waals surface area contributed by atoms with Crippen LogP contribution >= 0.6 is 11.8 Å². The fourth-order valence-electron chi connectivity index (χ4n) is 2.45. The van der Waals surface area contributed by atoms with E-state index < -0.39 is 5.97 Å². The minimum atomic E-state index is -1.03. The Hall–Kier alpha value is -3.52. The molecular weight excluding hydrogens is 380 g/mol. The Balaban J connectivity index is 1.93. The SMILES string of the molecule is C=CCN1C(=O)/C(=C/c2ccc(O)c(O)c2)SC1=Nc1ccc(C(=O)O)cc1. The van der Waals surface area contributed by atoms with Gasteiger partial charge in [-0.15, -0.1) is 6.58 Å². The fraction of sp³-hybridized carbons (Fsp3) is 0.0500. The van der Waals surface area contributed by atoms with Gasteiger partial charge in [-0.25, -0.2) is 9.79 Å². The van der Waals surface area contributed by atoms with Gasteiger partial charge >= 0.3 is 5.97 Å². The number of aromatic carboxylic acids is 1. The first kappa shape index (κ1) is 19.2. The molecule has 1 aliphatic rings. The van der Waals surface area contributed by atoms with Crippen LogP contribution in [0.4, 0.5) is 5.69 Å². The van der Waals surface area contributed by atoms with Crippen molar-refractivity contribution in [3.63, 3.8) is 0 Å². The second-order valence-corrected chi connectivity index (χ2v) is 6.82. The fourth-order valence-corrected chi connectivity index (χ4v) is 3.46. The number of aromatic hydroxyl groups is 2. The first-order valence-corrected chi connectivity index (χ1v) is 8.97. The molecule has 0 bridgehead atoms. The van der Waals surface area contributed by atoms with Crippen molar-refractivity contribution in [1.29, 1.82) is 0 Å². The number of phenolic OH excluding ortho intramolecular Hbond substituents is 2. The lowest BCUT2D eigenvalue weighted by atomic mass is 10.2. The lowest BCUT2D eigenvalue weighted by Crippen LogP contribution is -2.29. The Morgan fingerprint density at radius 1 is 1.14 bits per heavy atom. The van der Waals surface area contributed by atoms with E-state index in [-0.39, 0.29) is 29.5 Å². The van der Waals surface area contributed by atoms with Crippen molar-refractivity contribution in [2.24, 2.45) is 4.99 Å². The quantitative estimate of drug-likeness (QED) is 0.405. The molecule has 0 saturated carbocycles. The molecule has 0 aliphatic carbocycles. The number of amides is 1. The molecule has 2 aromatic carbocycles. The van der Waals surface area contributed by atoms with Crippen LogP contribution < -0.4 is 0 Å². The van der Waals surface area contributed by atoms with E-state index in [1.54, 1.807) is 30.4 Å². The Labute approximate surface area is 165 Å². The number of nitrogens with zero attached hydrogens (tertiary/aromatic N) is 2. The van der Waals surface area contributed by atoms with E-state index >= 15 is 0 Å². The van der Waals surface area contributed by atoms with E-state index in [1.807, 2.05) is 0 Å². The van der Waals surface area contributed by atoms with Crippen molar-refractivity contribution in [1.82, 2.24) is 4.90 Å². The maximum atomic E-state index is 12.7. The third-order valence-electron chi connectivity index (χ3n) is 3.84. The number of carboxylic acid groups (broad SMARTS) is 1. The van der Waals surface area contributed by atoms with Crippen LogP contribution in [0.5, 0.6) is 11.5 Å². The second-order valence-electron chi connectivity index (χ2n) is 5.81. The zero-order valence-corrected chi connectivity index (χ0v) is 15.4. The normalized spacial score (nSPS) is 16.7. The Morgan fingerprint density at radius 2 is 1.86 bits per heavy atom. The number of carbonyl (C=O) groups excluding carboxylic acids is 1. The first-order chi connectivity index (χ1) is 13.4. The molecule has 1 aliphatic heterocycles. The molecule has 3 N–H and O–H groups in total. The zero-order valence-electron chi connectivity index (χ0n) is 14.6. The molecule has 1 heterocycles. The summed E-state index contributed by atoms with van der Waals surface area (Å²) in [5.74, 6) is -1.81. The highest BCUT2D eigenvalue weighted by molar-refractivity contribution is 8.18. The number of rotatable bonds is 5. The topological polar surface area (TPSA) is 110 Å². The lowest BCUT2D eigenvalue weighted by molar-refractivity contribution is -0.121. The van der Waals surface area contributed by atoms with E-state index in [1.165, 1.54) is 29.2 Å². The van der Waals surface area contributed by atoms with Gasteiger partial charge in [0.25, 0.3) is 5.91 Å². The number of carboxylic acids is 1. The first-order valence-electron chi connectivity index (χ1n) is 8.15. The molecule has 7 nitrogen and oxygen atoms in total. The predicted octanol–water partition coefficient (Wildman–Crippen LogP) is 3.59. The van der Waals surface area contributed by atoms with Crippen LogP contribution in [0.2, 0.25) is 0 Å². The summed E-state index contributed by atoms with van der Waals surface area (Å²) < 4.78 is 0. The number of amidine groups is 1. The van der Waals surface area contributed by atoms with Crippen molar-refractivity contribution < 1.29 is 24.9 Å². The smallest absolute Gasteiger partial charge is 0.335 e. The van der Waals surface area contributed by atoms with Gasteiger partial charge in [-0.2, -0.15) is 0 Å². The van der Waals surface area contributed by atoms with Crippen LogP contribution in [0.3, 0.4) is 0 Å². The summed E-state index contributed by atoms with van der Waals surface area (Å²) in [6.07, 6.45) is 3.18. The Bertz CT molecular complexity index is 1010. The van der Waals surface area contributed by atoms with Gasteiger partial charge in [0.15, 0.2) is 16.7 Å². The summed E-state index contributed by atoms with van der Waals surface area (Å²) in [6, 6.07) is 10.3. The maximum Gasteiger partial charge on any atom is 0.335 e.